The second-order valence-electron chi connectivity index (χ2n) is 8.36. The third-order valence-corrected chi connectivity index (χ3v) is 4.59. The van der Waals surface area contributed by atoms with Gasteiger partial charge in [-0.05, 0) is 43.7 Å². The lowest BCUT2D eigenvalue weighted by Crippen LogP contribution is -2.29. The highest BCUT2D eigenvalue weighted by molar-refractivity contribution is 5.73. The summed E-state index contributed by atoms with van der Waals surface area (Å²) in [4.78, 5) is 13.4. The van der Waals surface area contributed by atoms with Crippen LogP contribution in [-0.4, -0.2) is 46.3 Å². The van der Waals surface area contributed by atoms with Crippen molar-refractivity contribution in [1.82, 2.24) is 9.78 Å². The number of aliphatic hydroxyl groups is 1. The van der Waals surface area contributed by atoms with Crippen LogP contribution >= 0.6 is 0 Å². The minimum absolute atomic E-state index is 0.0138. The summed E-state index contributed by atoms with van der Waals surface area (Å²) in [6, 6.07) is 11.5. The number of aromatic nitrogens is 2. The standard InChI is InChI=1S/C24H23F5N2O4/c1-23(2,33)13-31-11-18(15-7-9-16(10-8-15)35-14-24(27,28)29)22(32)21(30-31)17-5-3-4-6-19(17)34-12-20(25)26/h3-11,20,33H,12-14H2,1-2H3. The van der Waals surface area contributed by atoms with E-state index in [1.165, 1.54) is 47.3 Å². The normalized spacial score (nSPS) is 12.1. The smallest absolute Gasteiger partial charge is 0.422 e. The molecule has 0 atom stereocenters. The van der Waals surface area contributed by atoms with E-state index >= 15 is 0 Å². The monoisotopic (exact) mass is 498 g/mol. The molecule has 6 nitrogen and oxygen atoms in total. The predicted octanol–water partition coefficient (Wildman–Crippen LogP) is 4.93. The van der Waals surface area contributed by atoms with Crippen molar-refractivity contribution in [3.63, 3.8) is 0 Å². The molecule has 3 aromatic rings. The molecule has 0 saturated heterocycles. The topological polar surface area (TPSA) is 73.6 Å². The Morgan fingerprint density at radius 3 is 2.26 bits per heavy atom. The first kappa shape index (κ1) is 26.1. The van der Waals surface area contributed by atoms with E-state index in [0.717, 1.165) is 0 Å². The van der Waals surface area contributed by atoms with Gasteiger partial charge in [0.15, 0.2) is 6.61 Å². The van der Waals surface area contributed by atoms with Crippen molar-refractivity contribution in [3.05, 3.63) is 65.0 Å². The lowest BCUT2D eigenvalue weighted by Gasteiger charge is -2.20. The van der Waals surface area contributed by atoms with Crippen LogP contribution in [0.5, 0.6) is 11.5 Å². The van der Waals surface area contributed by atoms with Gasteiger partial charge in [0.1, 0.15) is 23.8 Å². The molecule has 188 valence electrons. The van der Waals surface area contributed by atoms with Crippen molar-refractivity contribution in [2.75, 3.05) is 13.2 Å². The Morgan fingerprint density at radius 1 is 1.00 bits per heavy atom. The molecule has 0 aliphatic rings. The summed E-state index contributed by atoms with van der Waals surface area (Å²) in [5, 5.41) is 14.6. The number of benzene rings is 2. The van der Waals surface area contributed by atoms with Gasteiger partial charge in [0, 0.05) is 17.3 Å². The summed E-state index contributed by atoms with van der Waals surface area (Å²) >= 11 is 0. The molecule has 0 bridgehead atoms. The third kappa shape index (κ3) is 7.51. The molecule has 0 radical (unpaired) electrons. The molecule has 0 spiro atoms. The van der Waals surface area contributed by atoms with Crippen molar-refractivity contribution in [3.8, 4) is 33.9 Å². The Balaban J connectivity index is 2.08. The molecule has 0 unspecified atom stereocenters. The number of hydrogen-bond donors (Lipinski definition) is 1. The van der Waals surface area contributed by atoms with Gasteiger partial charge in [-0.15, -0.1) is 0 Å². The zero-order chi connectivity index (χ0) is 25.8. The largest absolute Gasteiger partial charge is 0.487 e. The van der Waals surface area contributed by atoms with Gasteiger partial charge in [-0.1, -0.05) is 24.3 Å². The molecule has 0 aliphatic carbocycles. The summed E-state index contributed by atoms with van der Waals surface area (Å²) in [6.45, 7) is 0.727. The Labute approximate surface area is 197 Å². The molecular formula is C24H23F5N2O4. The van der Waals surface area contributed by atoms with E-state index < -0.39 is 36.8 Å². The Hall–Kier alpha value is -3.47. The molecule has 0 aliphatic heterocycles. The fourth-order valence-corrected chi connectivity index (χ4v) is 3.23. The van der Waals surface area contributed by atoms with E-state index in [9.17, 15) is 31.9 Å². The maximum absolute atomic E-state index is 13.4. The quantitative estimate of drug-likeness (QED) is 0.424. The minimum Gasteiger partial charge on any atom is -0.487 e. The van der Waals surface area contributed by atoms with E-state index in [1.54, 1.807) is 26.0 Å². The van der Waals surface area contributed by atoms with Crippen molar-refractivity contribution in [1.29, 1.82) is 0 Å². The van der Waals surface area contributed by atoms with E-state index in [-0.39, 0.29) is 34.9 Å². The van der Waals surface area contributed by atoms with Gasteiger partial charge in [-0.3, -0.25) is 9.48 Å². The first-order chi connectivity index (χ1) is 16.3. The maximum atomic E-state index is 13.4. The summed E-state index contributed by atoms with van der Waals surface area (Å²) in [5.41, 5.74) is -1.21. The number of halogens is 5. The fourth-order valence-electron chi connectivity index (χ4n) is 3.23. The van der Waals surface area contributed by atoms with E-state index in [0.29, 0.717) is 5.56 Å². The molecule has 0 amide bonds. The zero-order valence-electron chi connectivity index (χ0n) is 18.9. The minimum atomic E-state index is -4.50. The first-order valence-corrected chi connectivity index (χ1v) is 10.5. The Morgan fingerprint density at radius 2 is 1.66 bits per heavy atom. The number of alkyl halides is 5. The molecular weight excluding hydrogens is 475 g/mol. The molecule has 3 rings (SSSR count). The molecule has 0 saturated carbocycles. The lowest BCUT2D eigenvalue weighted by atomic mass is 10.0. The van der Waals surface area contributed by atoms with Gasteiger partial charge in [0.25, 0.3) is 6.43 Å². The number of hydrogen-bond acceptors (Lipinski definition) is 5. The highest BCUT2D eigenvalue weighted by Gasteiger charge is 2.28. The maximum Gasteiger partial charge on any atom is 0.422 e. The summed E-state index contributed by atoms with van der Waals surface area (Å²) in [5.74, 6) is -0.0110. The van der Waals surface area contributed by atoms with Crippen LogP contribution in [0.3, 0.4) is 0 Å². The third-order valence-electron chi connectivity index (χ3n) is 4.59. The Bertz CT molecular complexity index is 1200. The summed E-state index contributed by atoms with van der Waals surface area (Å²) in [7, 11) is 0. The molecule has 11 heteroatoms. The number of ether oxygens (including phenoxy) is 2. The van der Waals surface area contributed by atoms with Crippen LogP contribution in [0.25, 0.3) is 22.4 Å². The number of rotatable bonds is 9. The predicted molar refractivity (Wildman–Crippen MR) is 119 cm³/mol. The van der Waals surface area contributed by atoms with Gasteiger partial charge in [0.2, 0.25) is 5.43 Å². The van der Waals surface area contributed by atoms with Crippen LogP contribution in [-0.2, 0) is 6.54 Å². The van der Waals surface area contributed by atoms with Gasteiger partial charge < -0.3 is 14.6 Å². The first-order valence-electron chi connectivity index (χ1n) is 10.5. The zero-order valence-corrected chi connectivity index (χ0v) is 18.9. The van der Waals surface area contributed by atoms with Gasteiger partial charge in [-0.2, -0.15) is 18.3 Å². The highest BCUT2D eigenvalue weighted by atomic mass is 19.4. The second-order valence-corrected chi connectivity index (χ2v) is 8.36. The van der Waals surface area contributed by atoms with Crippen LogP contribution in [0.15, 0.2) is 59.5 Å². The molecule has 35 heavy (non-hydrogen) atoms. The average Bonchev–Trinajstić information content (AvgIpc) is 2.76. The van der Waals surface area contributed by atoms with Crippen LogP contribution < -0.4 is 14.9 Å². The molecule has 1 N–H and O–H groups in total. The number of nitrogens with zero attached hydrogens (tertiary/aromatic N) is 2. The molecule has 1 aromatic heterocycles. The van der Waals surface area contributed by atoms with Gasteiger partial charge in [-0.25, -0.2) is 8.78 Å². The van der Waals surface area contributed by atoms with Gasteiger partial charge >= 0.3 is 6.18 Å². The van der Waals surface area contributed by atoms with Crippen LogP contribution in [0, 0.1) is 0 Å². The molecule has 0 fully saturated rings. The molecule has 1 heterocycles. The van der Waals surface area contributed by atoms with Crippen LogP contribution in [0.1, 0.15) is 13.8 Å². The highest BCUT2D eigenvalue weighted by Crippen LogP contribution is 2.29. The van der Waals surface area contributed by atoms with Gasteiger partial charge in [0.05, 0.1) is 12.1 Å². The summed E-state index contributed by atoms with van der Waals surface area (Å²) in [6.07, 6.45) is -5.83. The van der Waals surface area contributed by atoms with Crippen molar-refractivity contribution in [2.45, 2.75) is 38.6 Å². The fraction of sp³-hybridized carbons (Fsp3) is 0.333. The average molecular weight is 498 g/mol. The van der Waals surface area contributed by atoms with E-state index in [4.69, 9.17) is 9.47 Å². The van der Waals surface area contributed by atoms with Crippen molar-refractivity contribution >= 4 is 0 Å². The SMILES string of the molecule is CC(C)(O)Cn1cc(-c2ccc(OCC(F)(F)F)cc2)c(=O)c(-c2ccccc2OCC(F)F)n1. The summed E-state index contributed by atoms with van der Waals surface area (Å²) < 4.78 is 73.9. The second kappa shape index (κ2) is 10.4. The van der Waals surface area contributed by atoms with Crippen LogP contribution in [0.2, 0.25) is 0 Å². The van der Waals surface area contributed by atoms with Crippen molar-refractivity contribution < 1.29 is 36.5 Å². The van der Waals surface area contributed by atoms with Crippen LogP contribution in [0.4, 0.5) is 22.0 Å². The Kier molecular flexibility index (Phi) is 7.79. The van der Waals surface area contributed by atoms with Crippen molar-refractivity contribution in [2.24, 2.45) is 0 Å². The number of para-hydroxylation sites is 1. The van der Waals surface area contributed by atoms with E-state index in [1.807, 2.05) is 0 Å². The lowest BCUT2D eigenvalue weighted by molar-refractivity contribution is -0.153. The molecule has 2 aromatic carbocycles. The van der Waals surface area contributed by atoms with E-state index in [2.05, 4.69) is 5.10 Å².